The van der Waals surface area contributed by atoms with Crippen molar-refractivity contribution in [1.82, 2.24) is 9.80 Å². The van der Waals surface area contributed by atoms with Gasteiger partial charge in [0.2, 0.25) is 5.91 Å². The number of likely N-dealkylation sites (tertiary alicyclic amines) is 1. The molecular weight excluding hydrogens is 520 g/mol. The van der Waals surface area contributed by atoms with Gasteiger partial charge in [0.15, 0.2) is 11.7 Å². The average Bonchev–Trinajstić information content (AvgIpc) is 3.45. The summed E-state index contributed by atoms with van der Waals surface area (Å²) >= 11 is 0. The zero-order valence-electron chi connectivity index (χ0n) is 27.8. The van der Waals surface area contributed by atoms with Gasteiger partial charge in [-0.3, -0.25) is 9.59 Å². The lowest BCUT2D eigenvalue weighted by molar-refractivity contribution is -0.141. The Bertz CT molecular complexity index is 1090. The van der Waals surface area contributed by atoms with E-state index >= 15 is 0 Å². The summed E-state index contributed by atoms with van der Waals surface area (Å²) in [6.07, 6.45) is 16.8. The van der Waals surface area contributed by atoms with E-state index in [1.165, 1.54) is 70.6 Å². The molecule has 1 aliphatic heterocycles. The van der Waals surface area contributed by atoms with E-state index in [0.29, 0.717) is 29.0 Å². The molecule has 42 heavy (non-hydrogen) atoms. The summed E-state index contributed by atoms with van der Waals surface area (Å²) in [4.78, 5) is 40.4. The Morgan fingerprint density at radius 2 is 1.62 bits per heavy atom. The summed E-state index contributed by atoms with van der Waals surface area (Å²) in [5.74, 6) is 4.42. The quantitative estimate of drug-likeness (QED) is 0.219. The van der Waals surface area contributed by atoms with E-state index in [9.17, 15) is 14.4 Å². The average molecular weight is 579 g/mol. The maximum absolute atomic E-state index is 13.0. The first-order valence-electron chi connectivity index (χ1n) is 17.0. The van der Waals surface area contributed by atoms with Crippen molar-refractivity contribution in [3.05, 3.63) is 34.9 Å². The highest BCUT2D eigenvalue weighted by Gasteiger charge is 2.45. The number of carbonyl (C=O) groups excluding carboxylic acids is 3. The fourth-order valence-corrected chi connectivity index (χ4v) is 8.13. The van der Waals surface area contributed by atoms with Crippen LogP contribution in [-0.2, 0) is 16.0 Å². The number of nitrogens with zero attached hydrogens (tertiary/aromatic N) is 2. The SMILES string of the molecule is CCC1CCN(C(=O)C(C)CC2CCCCC2)CC12CCCC2.CCc1c(C(=O)C(C)C)cccc1C(=C=O)N(C)C. The zero-order chi connectivity index (χ0) is 30.9. The number of amides is 1. The summed E-state index contributed by atoms with van der Waals surface area (Å²) in [5, 5.41) is 0. The fraction of sp³-hybridized carbons (Fsp3) is 0.730. The van der Waals surface area contributed by atoms with Gasteiger partial charge in [0.1, 0.15) is 5.70 Å². The second-order valence-corrected chi connectivity index (χ2v) is 13.9. The van der Waals surface area contributed by atoms with E-state index in [0.717, 1.165) is 42.5 Å². The van der Waals surface area contributed by atoms with Gasteiger partial charge >= 0.3 is 0 Å². The van der Waals surface area contributed by atoms with Crippen molar-refractivity contribution in [3.63, 3.8) is 0 Å². The van der Waals surface area contributed by atoms with Gasteiger partial charge in [0.05, 0.1) is 0 Å². The van der Waals surface area contributed by atoms with Crippen LogP contribution in [-0.4, -0.2) is 54.6 Å². The summed E-state index contributed by atoms with van der Waals surface area (Å²) in [6.45, 7) is 12.4. The molecule has 1 heterocycles. The Balaban J connectivity index is 0.000000236. The monoisotopic (exact) mass is 578 g/mol. The van der Waals surface area contributed by atoms with Gasteiger partial charge in [-0.15, -0.1) is 0 Å². The third-order valence-electron chi connectivity index (χ3n) is 10.5. The van der Waals surface area contributed by atoms with Crippen molar-refractivity contribution >= 4 is 23.3 Å². The lowest BCUT2D eigenvalue weighted by atomic mass is 9.68. The van der Waals surface area contributed by atoms with Gasteiger partial charge in [-0.2, -0.15) is 0 Å². The molecule has 1 spiro atoms. The molecule has 234 valence electrons. The van der Waals surface area contributed by atoms with E-state index in [2.05, 4.69) is 18.7 Å². The van der Waals surface area contributed by atoms with Crippen LogP contribution in [0.3, 0.4) is 0 Å². The molecule has 1 amide bonds. The first kappa shape index (κ1) is 34.1. The molecular formula is C37H58N2O3. The predicted octanol–water partition coefficient (Wildman–Crippen LogP) is 8.23. The number of carbonyl (C=O) groups is 2. The lowest BCUT2D eigenvalue weighted by Gasteiger charge is -2.47. The van der Waals surface area contributed by atoms with E-state index in [4.69, 9.17) is 0 Å². The number of benzene rings is 1. The smallest absolute Gasteiger partial charge is 0.225 e. The molecule has 0 radical (unpaired) electrons. The molecule has 4 rings (SSSR count). The Labute approximate surface area is 256 Å². The van der Waals surface area contributed by atoms with Crippen LogP contribution in [0.15, 0.2) is 18.2 Å². The molecule has 2 saturated carbocycles. The van der Waals surface area contributed by atoms with Crippen molar-refractivity contribution in [2.45, 2.75) is 118 Å². The highest BCUT2D eigenvalue weighted by molar-refractivity contribution is 6.01. The molecule has 2 unspecified atom stereocenters. The minimum atomic E-state index is -0.0523. The molecule has 5 heteroatoms. The Hall–Kier alpha value is -2.39. The van der Waals surface area contributed by atoms with Gasteiger partial charge in [-0.25, -0.2) is 4.79 Å². The number of piperidine rings is 1. The topological polar surface area (TPSA) is 57.7 Å². The number of rotatable bonds is 9. The largest absolute Gasteiger partial charge is 0.368 e. The third kappa shape index (κ3) is 8.16. The molecule has 1 aromatic carbocycles. The fourth-order valence-electron chi connectivity index (χ4n) is 8.13. The van der Waals surface area contributed by atoms with Gasteiger partial charge < -0.3 is 9.80 Å². The number of Topliss-reactive ketones (excluding diaryl/α,β-unsaturated/α-hetero) is 1. The van der Waals surface area contributed by atoms with Crippen LogP contribution >= 0.6 is 0 Å². The second kappa shape index (κ2) is 15.9. The minimum Gasteiger partial charge on any atom is -0.368 e. The van der Waals surface area contributed by atoms with Gasteiger partial charge in [0.25, 0.3) is 0 Å². The summed E-state index contributed by atoms with van der Waals surface area (Å²) < 4.78 is 0. The highest BCUT2D eigenvalue weighted by atomic mass is 16.2. The standard InChI is InChI=1S/C21H37NO.C16H21NO2/c1-3-19-11-14-22(16-21(19)12-7-8-13-21)20(23)17(2)15-18-9-5-4-6-10-18;1-6-12-13(15(10-18)17(4)5)8-7-9-14(12)16(19)11(2)3/h17-19H,3-16H2,1-2H3;7-9,11H,6H2,1-5H3. The van der Waals surface area contributed by atoms with E-state index in [1.807, 2.05) is 44.9 Å². The minimum absolute atomic E-state index is 0.0523. The van der Waals surface area contributed by atoms with Crippen LogP contribution in [0.2, 0.25) is 0 Å². The molecule has 3 aliphatic rings. The molecule has 5 nitrogen and oxygen atoms in total. The third-order valence-corrected chi connectivity index (χ3v) is 10.5. The number of ketones is 1. The van der Waals surface area contributed by atoms with Gasteiger partial charge in [-0.1, -0.05) is 104 Å². The Morgan fingerprint density at radius 1 is 0.976 bits per heavy atom. The summed E-state index contributed by atoms with van der Waals surface area (Å²) in [6, 6.07) is 5.53. The Kier molecular flexibility index (Phi) is 12.9. The van der Waals surface area contributed by atoms with Crippen molar-refractivity contribution in [3.8, 4) is 0 Å². The molecule has 2 aliphatic carbocycles. The van der Waals surface area contributed by atoms with Crippen LogP contribution in [0.1, 0.15) is 133 Å². The molecule has 2 atom stereocenters. The van der Waals surface area contributed by atoms with Crippen molar-refractivity contribution in [2.75, 3.05) is 27.2 Å². The molecule has 1 saturated heterocycles. The number of hydrogen-bond donors (Lipinski definition) is 0. The molecule has 3 fully saturated rings. The van der Waals surface area contributed by atoms with Crippen molar-refractivity contribution < 1.29 is 14.4 Å². The van der Waals surface area contributed by atoms with Crippen molar-refractivity contribution in [1.29, 1.82) is 0 Å². The maximum Gasteiger partial charge on any atom is 0.225 e. The second-order valence-electron chi connectivity index (χ2n) is 13.9. The first-order chi connectivity index (χ1) is 20.1. The lowest BCUT2D eigenvalue weighted by Crippen LogP contribution is -2.51. The molecule has 0 aromatic heterocycles. The van der Waals surface area contributed by atoms with E-state index < -0.39 is 0 Å². The zero-order valence-corrected chi connectivity index (χ0v) is 27.8. The van der Waals surface area contributed by atoms with E-state index in [-0.39, 0.29) is 17.6 Å². The van der Waals surface area contributed by atoms with E-state index in [1.54, 1.807) is 19.0 Å². The predicted molar refractivity (Wildman–Crippen MR) is 174 cm³/mol. The maximum atomic E-state index is 13.0. The van der Waals surface area contributed by atoms with Gasteiger partial charge in [-0.05, 0) is 54.9 Å². The summed E-state index contributed by atoms with van der Waals surface area (Å²) in [7, 11) is 3.60. The van der Waals surface area contributed by atoms with Crippen LogP contribution < -0.4 is 0 Å². The highest BCUT2D eigenvalue weighted by Crippen LogP contribution is 2.50. The first-order valence-corrected chi connectivity index (χ1v) is 17.0. The van der Waals surface area contributed by atoms with Crippen LogP contribution in [0.5, 0.6) is 0 Å². The number of hydrogen-bond acceptors (Lipinski definition) is 4. The van der Waals surface area contributed by atoms with Crippen LogP contribution in [0.25, 0.3) is 5.70 Å². The van der Waals surface area contributed by atoms with Crippen LogP contribution in [0.4, 0.5) is 0 Å². The summed E-state index contributed by atoms with van der Waals surface area (Å²) in [5.41, 5.74) is 3.40. The van der Waals surface area contributed by atoms with Gasteiger partial charge in [0, 0.05) is 50.1 Å². The Morgan fingerprint density at radius 3 is 2.17 bits per heavy atom. The molecule has 1 aromatic rings. The molecule has 0 bridgehead atoms. The van der Waals surface area contributed by atoms with Crippen LogP contribution in [0, 0.1) is 29.1 Å². The molecule has 0 N–H and O–H groups in total. The normalized spacial score (nSPS) is 21.0. The van der Waals surface area contributed by atoms with Crippen molar-refractivity contribution in [2.24, 2.45) is 29.1 Å².